The molecule has 1 saturated carbocycles. The molecule has 6 heteroatoms. The molecule has 2 aromatic heterocycles. The summed E-state index contributed by atoms with van der Waals surface area (Å²) in [5.41, 5.74) is 0.447. The molecule has 1 aliphatic rings. The van der Waals surface area contributed by atoms with Crippen LogP contribution < -0.4 is 11.2 Å². The number of nitrogens with zero attached hydrogens (tertiary/aromatic N) is 4. The van der Waals surface area contributed by atoms with Crippen molar-refractivity contribution in [1.29, 1.82) is 0 Å². The third-order valence-corrected chi connectivity index (χ3v) is 3.89. The third-order valence-electron chi connectivity index (χ3n) is 3.89. The monoisotopic (exact) mass is 248 g/mol. The zero-order chi connectivity index (χ0) is 12.9. The van der Waals surface area contributed by atoms with Gasteiger partial charge in [-0.25, -0.2) is 9.78 Å². The summed E-state index contributed by atoms with van der Waals surface area (Å²) in [7, 11) is 3.16. The molecule has 1 fully saturated rings. The highest BCUT2D eigenvalue weighted by Crippen LogP contribution is 2.30. The van der Waals surface area contributed by atoms with E-state index < -0.39 is 0 Å². The fraction of sp³-hybridized carbons (Fsp3) is 0.583. The van der Waals surface area contributed by atoms with E-state index in [0.29, 0.717) is 17.2 Å². The topological polar surface area (TPSA) is 61.8 Å². The van der Waals surface area contributed by atoms with Crippen molar-refractivity contribution in [2.24, 2.45) is 14.1 Å². The highest BCUT2D eigenvalue weighted by atomic mass is 16.2. The average molecular weight is 248 g/mol. The Kier molecular flexibility index (Phi) is 2.39. The predicted molar refractivity (Wildman–Crippen MR) is 67.7 cm³/mol. The Morgan fingerprint density at radius 1 is 1.17 bits per heavy atom. The first kappa shape index (κ1) is 11.3. The van der Waals surface area contributed by atoms with E-state index in [-0.39, 0.29) is 11.2 Å². The summed E-state index contributed by atoms with van der Waals surface area (Å²) in [5, 5.41) is 0. The molecule has 2 aromatic rings. The van der Waals surface area contributed by atoms with Crippen LogP contribution in [0.3, 0.4) is 0 Å². The van der Waals surface area contributed by atoms with Gasteiger partial charge < -0.3 is 4.57 Å². The van der Waals surface area contributed by atoms with Crippen LogP contribution in [0.15, 0.2) is 15.9 Å². The minimum absolute atomic E-state index is 0.252. The van der Waals surface area contributed by atoms with Gasteiger partial charge in [0.05, 0.1) is 6.33 Å². The fourth-order valence-electron chi connectivity index (χ4n) is 2.82. The van der Waals surface area contributed by atoms with Crippen molar-refractivity contribution in [3.05, 3.63) is 27.2 Å². The van der Waals surface area contributed by atoms with Crippen molar-refractivity contribution in [2.75, 3.05) is 0 Å². The zero-order valence-corrected chi connectivity index (χ0v) is 10.6. The molecule has 0 unspecified atom stereocenters. The van der Waals surface area contributed by atoms with E-state index in [2.05, 4.69) is 4.98 Å². The second-order valence-electron chi connectivity index (χ2n) is 4.97. The van der Waals surface area contributed by atoms with Crippen molar-refractivity contribution in [3.8, 4) is 0 Å². The van der Waals surface area contributed by atoms with Gasteiger partial charge in [-0.05, 0) is 12.8 Å². The molecule has 0 spiro atoms. The number of rotatable bonds is 1. The Hall–Kier alpha value is -1.85. The first-order chi connectivity index (χ1) is 8.61. The maximum atomic E-state index is 12.2. The molecular formula is C12H16N4O2. The van der Waals surface area contributed by atoms with Crippen LogP contribution in [0.2, 0.25) is 0 Å². The normalized spacial score (nSPS) is 16.8. The lowest BCUT2D eigenvalue weighted by Crippen LogP contribution is -2.37. The van der Waals surface area contributed by atoms with Gasteiger partial charge in [-0.1, -0.05) is 12.8 Å². The number of hydrogen-bond acceptors (Lipinski definition) is 3. The second-order valence-corrected chi connectivity index (χ2v) is 4.97. The van der Waals surface area contributed by atoms with Gasteiger partial charge in [0.1, 0.15) is 0 Å². The van der Waals surface area contributed by atoms with Crippen LogP contribution in [0, 0.1) is 0 Å². The Morgan fingerprint density at radius 3 is 2.50 bits per heavy atom. The van der Waals surface area contributed by atoms with Crippen LogP contribution in [0.4, 0.5) is 0 Å². The van der Waals surface area contributed by atoms with Gasteiger partial charge in [0.2, 0.25) is 0 Å². The number of hydrogen-bond donors (Lipinski definition) is 0. The predicted octanol–water partition coefficient (Wildman–Crippen LogP) is 0.549. The molecule has 3 rings (SSSR count). The molecule has 0 amide bonds. The molecule has 2 heterocycles. The molecule has 0 N–H and O–H groups in total. The molecule has 0 saturated heterocycles. The van der Waals surface area contributed by atoms with Crippen molar-refractivity contribution in [3.63, 3.8) is 0 Å². The number of aryl methyl sites for hydroxylation is 1. The van der Waals surface area contributed by atoms with Crippen LogP contribution in [0.1, 0.15) is 31.7 Å². The second kappa shape index (κ2) is 3.83. The molecule has 0 aromatic carbocycles. The lowest BCUT2D eigenvalue weighted by atomic mass is 10.2. The Bertz CT molecular complexity index is 716. The summed E-state index contributed by atoms with van der Waals surface area (Å²) < 4.78 is 4.53. The smallest absolute Gasteiger partial charge is 0.322 e. The molecular weight excluding hydrogens is 232 g/mol. The molecule has 6 nitrogen and oxygen atoms in total. The first-order valence-electron chi connectivity index (χ1n) is 6.24. The molecule has 0 aliphatic heterocycles. The molecule has 0 radical (unpaired) electrons. The van der Waals surface area contributed by atoms with Gasteiger partial charge in [0.25, 0.3) is 5.56 Å². The molecule has 96 valence electrons. The quantitative estimate of drug-likeness (QED) is 0.740. The number of imidazole rings is 1. The minimum atomic E-state index is -0.329. The molecule has 0 atom stereocenters. The standard InChI is InChI=1S/C12H16N4O2/c1-14-10-9(11(17)15(2)12(14)18)16(7-13-10)8-5-3-4-6-8/h7-8H,3-6H2,1-2H3. The number of aromatic nitrogens is 4. The van der Waals surface area contributed by atoms with Gasteiger partial charge in [-0.15, -0.1) is 0 Å². The largest absolute Gasteiger partial charge is 0.332 e. The lowest BCUT2D eigenvalue weighted by Gasteiger charge is -2.12. The van der Waals surface area contributed by atoms with E-state index in [1.807, 2.05) is 4.57 Å². The zero-order valence-electron chi connectivity index (χ0n) is 10.6. The van der Waals surface area contributed by atoms with Crippen LogP contribution in [-0.2, 0) is 14.1 Å². The molecule has 18 heavy (non-hydrogen) atoms. The van der Waals surface area contributed by atoms with Gasteiger partial charge in [-0.2, -0.15) is 0 Å². The third kappa shape index (κ3) is 1.38. The highest BCUT2D eigenvalue weighted by molar-refractivity contribution is 5.70. The minimum Gasteiger partial charge on any atom is -0.322 e. The van der Waals surface area contributed by atoms with Gasteiger partial charge in [-0.3, -0.25) is 13.9 Å². The van der Waals surface area contributed by atoms with Crippen molar-refractivity contribution in [1.82, 2.24) is 18.7 Å². The Labute approximate surface area is 103 Å². The van der Waals surface area contributed by atoms with Crippen molar-refractivity contribution < 1.29 is 0 Å². The summed E-state index contributed by atoms with van der Waals surface area (Å²) in [6.07, 6.45) is 6.24. The lowest BCUT2D eigenvalue weighted by molar-refractivity contribution is 0.529. The van der Waals surface area contributed by atoms with Gasteiger partial charge >= 0.3 is 5.69 Å². The van der Waals surface area contributed by atoms with Crippen LogP contribution in [-0.4, -0.2) is 18.7 Å². The highest BCUT2D eigenvalue weighted by Gasteiger charge is 2.22. The maximum absolute atomic E-state index is 12.2. The van der Waals surface area contributed by atoms with Gasteiger partial charge in [0, 0.05) is 20.1 Å². The number of fused-ring (bicyclic) bond motifs is 1. The molecule has 0 bridgehead atoms. The van der Waals surface area contributed by atoms with Gasteiger partial charge in [0.15, 0.2) is 11.2 Å². The Balaban J connectivity index is 2.37. The fourth-order valence-corrected chi connectivity index (χ4v) is 2.82. The first-order valence-corrected chi connectivity index (χ1v) is 6.24. The molecule has 1 aliphatic carbocycles. The van der Waals surface area contributed by atoms with E-state index in [9.17, 15) is 9.59 Å². The summed E-state index contributed by atoms with van der Waals surface area (Å²) in [6, 6.07) is 0.347. The summed E-state index contributed by atoms with van der Waals surface area (Å²) in [6.45, 7) is 0. The van der Waals surface area contributed by atoms with E-state index >= 15 is 0 Å². The Morgan fingerprint density at radius 2 is 1.83 bits per heavy atom. The van der Waals surface area contributed by atoms with E-state index in [1.165, 1.54) is 24.5 Å². The summed E-state index contributed by atoms with van der Waals surface area (Å²) in [4.78, 5) is 28.3. The van der Waals surface area contributed by atoms with Crippen LogP contribution >= 0.6 is 0 Å². The SMILES string of the molecule is Cn1c(=O)c2c(ncn2C2CCCC2)n(C)c1=O. The summed E-state index contributed by atoms with van der Waals surface area (Å²) >= 11 is 0. The summed E-state index contributed by atoms with van der Waals surface area (Å²) in [5.74, 6) is 0. The maximum Gasteiger partial charge on any atom is 0.332 e. The van der Waals surface area contributed by atoms with Crippen molar-refractivity contribution >= 4 is 11.2 Å². The van der Waals surface area contributed by atoms with Crippen molar-refractivity contribution in [2.45, 2.75) is 31.7 Å². The van der Waals surface area contributed by atoms with Crippen LogP contribution in [0.5, 0.6) is 0 Å². The van der Waals surface area contributed by atoms with E-state index in [0.717, 1.165) is 17.4 Å². The average Bonchev–Trinajstić information content (AvgIpc) is 3.01. The van der Waals surface area contributed by atoms with E-state index in [4.69, 9.17) is 0 Å². The van der Waals surface area contributed by atoms with Crippen LogP contribution in [0.25, 0.3) is 11.2 Å². The van der Waals surface area contributed by atoms with E-state index in [1.54, 1.807) is 13.4 Å².